The minimum atomic E-state index is -0.377. The van der Waals surface area contributed by atoms with E-state index in [1.54, 1.807) is 0 Å². The number of hydrogen-bond acceptors (Lipinski definition) is 2. The van der Waals surface area contributed by atoms with Crippen molar-refractivity contribution in [1.29, 1.82) is 0 Å². The lowest BCUT2D eigenvalue weighted by Crippen LogP contribution is -2.21. The Kier molecular flexibility index (Phi) is 3.82. The molecule has 0 bridgehead atoms. The van der Waals surface area contributed by atoms with Crippen LogP contribution in [0.15, 0.2) is 12.3 Å². The van der Waals surface area contributed by atoms with Gasteiger partial charge in [0.2, 0.25) is 0 Å². The number of aromatic nitrogens is 1. The Hall–Kier alpha value is -0.890. The molecule has 0 aromatic carbocycles. The first-order valence-electron chi connectivity index (χ1n) is 6.69. The van der Waals surface area contributed by atoms with Crippen LogP contribution in [-0.4, -0.2) is 10.1 Å². The molecular weight excluding hydrogens is 210 g/mol. The van der Waals surface area contributed by atoms with Crippen molar-refractivity contribution in [2.75, 3.05) is 0 Å². The summed E-state index contributed by atoms with van der Waals surface area (Å²) in [6, 6.07) is 2.11. The molecule has 0 saturated heterocycles. The van der Waals surface area contributed by atoms with Crippen LogP contribution in [0, 0.1) is 25.7 Å². The van der Waals surface area contributed by atoms with Crippen LogP contribution in [0.25, 0.3) is 0 Å². The van der Waals surface area contributed by atoms with Crippen molar-refractivity contribution in [2.24, 2.45) is 11.8 Å². The monoisotopic (exact) mass is 233 g/mol. The maximum absolute atomic E-state index is 10.5. The van der Waals surface area contributed by atoms with Crippen molar-refractivity contribution in [3.63, 3.8) is 0 Å². The second-order valence-electron chi connectivity index (χ2n) is 5.69. The second kappa shape index (κ2) is 5.18. The van der Waals surface area contributed by atoms with Crippen molar-refractivity contribution in [2.45, 2.75) is 52.6 Å². The third-order valence-electron chi connectivity index (χ3n) is 3.96. The van der Waals surface area contributed by atoms with Crippen LogP contribution in [0.3, 0.4) is 0 Å². The summed E-state index contributed by atoms with van der Waals surface area (Å²) in [5.74, 6) is 1.14. The first-order valence-corrected chi connectivity index (χ1v) is 6.69. The average Bonchev–Trinajstić information content (AvgIpc) is 2.28. The highest BCUT2D eigenvalue weighted by Gasteiger charge is 2.27. The zero-order chi connectivity index (χ0) is 12.4. The molecule has 0 amide bonds. The lowest BCUT2D eigenvalue weighted by Gasteiger charge is -2.30. The van der Waals surface area contributed by atoms with E-state index in [-0.39, 0.29) is 6.10 Å². The van der Waals surface area contributed by atoms with E-state index in [4.69, 9.17) is 0 Å². The Morgan fingerprint density at radius 1 is 1.35 bits per heavy atom. The third-order valence-corrected chi connectivity index (χ3v) is 3.96. The maximum Gasteiger partial charge on any atom is 0.0990 e. The molecule has 1 fully saturated rings. The van der Waals surface area contributed by atoms with E-state index < -0.39 is 0 Å². The zero-order valence-corrected chi connectivity index (χ0v) is 11.1. The van der Waals surface area contributed by atoms with Crippen molar-refractivity contribution >= 4 is 0 Å². The van der Waals surface area contributed by atoms with Gasteiger partial charge in [-0.2, -0.15) is 0 Å². The van der Waals surface area contributed by atoms with Gasteiger partial charge in [0.1, 0.15) is 0 Å². The number of aliphatic hydroxyl groups excluding tert-OH is 1. The van der Waals surface area contributed by atoms with Gasteiger partial charge in [-0.15, -0.1) is 0 Å². The van der Waals surface area contributed by atoms with Gasteiger partial charge >= 0.3 is 0 Å². The number of aryl methyl sites for hydroxylation is 2. The molecular formula is C15H23NO. The van der Waals surface area contributed by atoms with Gasteiger partial charge in [0.15, 0.2) is 0 Å². The van der Waals surface area contributed by atoms with Gasteiger partial charge in [0.05, 0.1) is 11.8 Å². The third kappa shape index (κ3) is 2.86. The fraction of sp³-hybridized carbons (Fsp3) is 0.667. The molecule has 1 aliphatic carbocycles. The summed E-state index contributed by atoms with van der Waals surface area (Å²) < 4.78 is 0. The Morgan fingerprint density at radius 2 is 2.12 bits per heavy atom. The molecule has 2 rings (SSSR count). The van der Waals surface area contributed by atoms with Crippen molar-refractivity contribution in [1.82, 2.24) is 4.98 Å². The topological polar surface area (TPSA) is 33.1 Å². The summed E-state index contributed by atoms with van der Waals surface area (Å²) >= 11 is 0. The minimum Gasteiger partial charge on any atom is -0.387 e. The van der Waals surface area contributed by atoms with Gasteiger partial charge in [-0.25, -0.2) is 0 Å². The van der Waals surface area contributed by atoms with Gasteiger partial charge < -0.3 is 5.11 Å². The maximum atomic E-state index is 10.5. The molecule has 1 heterocycles. The lowest BCUT2D eigenvalue weighted by atomic mass is 9.78. The van der Waals surface area contributed by atoms with Gasteiger partial charge in [-0.1, -0.05) is 25.8 Å². The quantitative estimate of drug-likeness (QED) is 0.847. The summed E-state index contributed by atoms with van der Waals surface area (Å²) in [5, 5.41) is 10.5. The molecule has 3 atom stereocenters. The largest absolute Gasteiger partial charge is 0.387 e. The van der Waals surface area contributed by atoms with Gasteiger partial charge in [0, 0.05) is 6.20 Å². The molecule has 1 saturated carbocycles. The summed E-state index contributed by atoms with van der Waals surface area (Å²) in [6.07, 6.45) is 6.31. The van der Waals surface area contributed by atoms with Crippen molar-refractivity contribution < 1.29 is 5.11 Å². The molecule has 94 valence electrons. The Morgan fingerprint density at radius 3 is 2.76 bits per heavy atom. The average molecular weight is 233 g/mol. The van der Waals surface area contributed by atoms with E-state index in [1.165, 1.54) is 12.8 Å². The fourth-order valence-electron chi connectivity index (χ4n) is 3.03. The fourth-order valence-corrected chi connectivity index (χ4v) is 3.03. The molecule has 0 spiro atoms. The predicted octanol–water partition coefficient (Wildman–Crippen LogP) is 3.56. The standard InChI is InChI=1S/C15H23NO/c1-10-5-4-6-13(8-10)15(17)14-12(3)7-11(2)9-16-14/h7,9-10,13,15,17H,4-6,8H2,1-3H3. The van der Waals surface area contributed by atoms with Crippen molar-refractivity contribution in [3.8, 4) is 0 Å². The van der Waals surface area contributed by atoms with E-state index >= 15 is 0 Å². The van der Waals surface area contributed by atoms with Crippen molar-refractivity contribution in [3.05, 3.63) is 29.1 Å². The Bertz CT molecular complexity index is 389. The first kappa shape index (κ1) is 12.6. The number of hydrogen-bond donors (Lipinski definition) is 1. The Labute approximate surface area is 104 Å². The first-order chi connectivity index (χ1) is 8.08. The molecule has 1 aromatic heterocycles. The van der Waals surface area contributed by atoms with E-state index in [1.807, 2.05) is 20.0 Å². The second-order valence-corrected chi connectivity index (χ2v) is 5.69. The highest BCUT2D eigenvalue weighted by atomic mass is 16.3. The number of aliphatic hydroxyl groups is 1. The highest BCUT2D eigenvalue weighted by Crippen LogP contribution is 2.37. The summed E-state index contributed by atoms with van der Waals surface area (Å²) in [7, 11) is 0. The van der Waals surface area contributed by atoms with E-state index in [9.17, 15) is 5.11 Å². The molecule has 2 heteroatoms. The SMILES string of the molecule is Cc1cnc(C(O)C2CCCC(C)C2)c(C)c1. The van der Waals surface area contributed by atoms with Crippen LogP contribution >= 0.6 is 0 Å². The van der Waals surface area contributed by atoms with E-state index in [0.717, 1.165) is 35.6 Å². The molecule has 1 N–H and O–H groups in total. The number of rotatable bonds is 2. The van der Waals surface area contributed by atoms with Gasteiger partial charge in [0.25, 0.3) is 0 Å². The summed E-state index contributed by atoms with van der Waals surface area (Å²) in [5.41, 5.74) is 3.17. The highest BCUT2D eigenvalue weighted by molar-refractivity contribution is 5.25. The van der Waals surface area contributed by atoms with Gasteiger partial charge in [-0.05, 0) is 49.7 Å². The molecule has 1 aromatic rings. The molecule has 1 aliphatic rings. The molecule has 0 radical (unpaired) electrons. The molecule has 3 unspecified atom stereocenters. The molecule has 17 heavy (non-hydrogen) atoms. The number of nitrogens with zero attached hydrogens (tertiary/aromatic N) is 1. The molecule has 0 aliphatic heterocycles. The van der Waals surface area contributed by atoms with Crippen LogP contribution in [0.1, 0.15) is 55.5 Å². The van der Waals surface area contributed by atoms with Gasteiger partial charge in [-0.3, -0.25) is 4.98 Å². The summed E-state index contributed by atoms with van der Waals surface area (Å²) in [6.45, 7) is 6.37. The number of pyridine rings is 1. The molecule has 2 nitrogen and oxygen atoms in total. The lowest BCUT2D eigenvalue weighted by molar-refractivity contribution is 0.0675. The minimum absolute atomic E-state index is 0.377. The smallest absolute Gasteiger partial charge is 0.0990 e. The van der Waals surface area contributed by atoms with E-state index in [0.29, 0.717) is 5.92 Å². The zero-order valence-electron chi connectivity index (χ0n) is 11.1. The van der Waals surface area contributed by atoms with E-state index in [2.05, 4.69) is 18.0 Å². The van der Waals surface area contributed by atoms with Crippen LogP contribution in [0.4, 0.5) is 0 Å². The van der Waals surface area contributed by atoms with Crippen LogP contribution in [-0.2, 0) is 0 Å². The van der Waals surface area contributed by atoms with Crippen LogP contribution < -0.4 is 0 Å². The van der Waals surface area contributed by atoms with Crippen LogP contribution in [0.5, 0.6) is 0 Å². The van der Waals surface area contributed by atoms with Crippen LogP contribution in [0.2, 0.25) is 0 Å². The summed E-state index contributed by atoms with van der Waals surface area (Å²) in [4.78, 5) is 4.43. The Balaban J connectivity index is 2.15. The normalized spacial score (nSPS) is 26.8. The predicted molar refractivity (Wildman–Crippen MR) is 69.8 cm³/mol.